The third-order valence-corrected chi connectivity index (χ3v) is 1.49. The Morgan fingerprint density at radius 1 is 1.33 bits per heavy atom. The van der Waals surface area contributed by atoms with Crippen molar-refractivity contribution >= 4 is 5.91 Å². The van der Waals surface area contributed by atoms with Gasteiger partial charge in [-0.05, 0) is 13.3 Å². The summed E-state index contributed by atoms with van der Waals surface area (Å²) in [6.07, 6.45) is 2.70. The lowest BCUT2D eigenvalue weighted by Gasteiger charge is -2.02. The highest BCUT2D eigenvalue weighted by Crippen LogP contribution is 1.89. The van der Waals surface area contributed by atoms with Crippen LogP contribution in [0.1, 0.15) is 33.1 Å². The van der Waals surface area contributed by atoms with Gasteiger partial charge in [0.05, 0.1) is 6.61 Å². The quantitative estimate of drug-likeness (QED) is 0.590. The lowest BCUT2D eigenvalue weighted by Crippen LogP contribution is -2.23. The van der Waals surface area contributed by atoms with Crippen molar-refractivity contribution in [2.75, 3.05) is 19.8 Å². The van der Waals surface area contributed by atoms with Gasteiger partial charge in [0.25, 0.3) is 0 Å². The lowest BCUT2D eigenvalue weighted by molar-refractivity contribution is -0.122. The first-order chi connectivity index (χ1) is 5.81. The molecule has 0 aliphatic heterocycles. The van der Waals surface area contributed by atoms with Crippen LogP contribution >= 0.6 is 0 Å². The Morgan fingerprint density at radius 3 is 2.67 bits per heavy atom. The molecule has 0 rings (SSSR count). The van der Waals surface area contributed by atoms with Gasteiger partial charge in [-0.3, -0.25) is 4.79 Å². The summed E-state index contributed by atoms with van der Waals surface area (Å²) in [5.74, 6) is 0.0778. The zero-order chi connectivity index (χ0) is 9.23. The minimum atomic E-state index is 0.0778. The number of ether oxygens (including phenoxy) is 1. The number of amides is 1. The van der Waals surface area contributed by atoms with Crippen LogP contribution in [-0.2, 0) is 9.53 Å². The summed E-state index contributed by atoms with van der Waals surface area (Å²) in [5, 5.41) is 2.72. The molecule has 0 fully saturated rings. The molecule has 72 valence electrons. The van der Waals surface area contributed by atoms with E-state index in [4.69, 9.17) is 4.74 Å². The number of hydrogen-bond donors (Lipinski definition) is 1. The fourth-order valence-corrected chi connectivity index (χ4v) is 0.799. The molecule has 1 amide bonds. The second-order valence-corrected chi connectivity index (χ2v) is 2.67. The van der Waals surface area contributed by atoms with Crippen molar-refractivity contribution in [3.8, 4) is 0 Å². The van der Waals surface area contributed by atoms with E-state index in [1.807, 2.05) is 6.92 Å². The van der Waals surface area contributed by atoms with E-state index in [1.54, 1.807) is 0 Å². The first-order valence-corrected chi connectivity index (χ1v) is 4.65. The van der Waals surface area contributed by atoms with E-state index in [1.165, 1.54) is 0 Å². The van der Waals surface area contributed by atoms with E-state index < -0.39 is 0 Å². The molecule has 0 unspecified atom stereocenters. The van der Waals surface area contributed by atoms with Crippen LogP contribution < -0.4 is 5.32 Å². The standard InChI is InChI=1S/C9H19NO2/c1-3-5-7-12-8-6-9(11)10-4-2/h3-8H2,1-2H3,(H,10,11). The molecule has 3 nitrogen and oxygen atoms in total. The largest absolute Gasteiger partial charge is 0.381 e. The van der Waals surface area contributed by atoms with Crippen molar-refractivity contribution in [1.29, 1.82) is 0 Å². The number of carbonyl (C=O) groups is 1. The molecule has 0 heterocycles. The predicted molar refractivity (Wildman–Crippen MR) is 49.0 cm³/mol. The second kappa shape index (κ2) is 8.53. The number of carbonyl (C=O) groups excluding carboxylic acids is 1. The second-order valence-electron chi connectivity index (χ2n) is 2.67. The molecule has 0 saturated heterocycles. The minimum Gasteiger partial charge on any atom is -0.381 e. The highest BCUT2D eigenvalue weighted by molar-refractivity contribution is 5.75. The summed E-state index contributed by atoms with van der Waals surface area (Å²) in [7, 11) is 0. The zero-order valence-corrected chi connectivity index (χ0v) is 8.06. The Hall–Kier alpha value is -0.570. The van der Waals surface area contributed by atoms with Gasteiger partial charge in [0.15, 0.2) is 0 Å². The smallest absolute Gasteiger partial charge is 0.222 e. The molecule has 1 N–H and O–H groups in total. The van der Waals surface area contributed by atoms with Crippen molar-refractivity contribution in [1.82, 2.24) is 5.32 Å². The minimum absolute atomic E-state index is 0.0778. The molecule has 0 atom stereocenters. The number of nitrogens with one attached hydrogen (secondary N) is 1. The summed E-state index contributed by atoms with van der Waals surface area (Å²) >= 11 is 0. The van der Waals surface area contributed by atoms with Gasteiger partial charge < -0.3 is 10.1 Å². The molecule has 12 heavy (non-hydrogen) atoms. The number of hydrogen-bond acceptors (Lipinski definition) is 2. The van der Waals surface area contributed by atoms with Crippen molar-refractivity contribution in [3.63, 3.8) is 0 Å². The van der Waals surface area contributed by atoms with Crippen LogP contribution in [0.3, 0.4) is 0 Å². The van der Waals surface area contributed by atoms with Crippen molar-refractivity contribution < 1.29 is 9.53 Å². The predicted octanol–water partition coefficient (Wildman–Crippen LogP) is 1.33. The Morgan fingerprint density at radius 2 is 2.08 bits per heavy atom. The van der Waals surface area contributed by atoms with Gasteiger partial charge in [0.1, 0.15) is 0 Å². The highest BCUT2D eigenvalue weighted by atomic mass is 16.5. The summed E-state index contributed by atoms with van der Waals surface area (Å²) in [4.78, 5) is 10.9. The maximum Gasteiger partial charge on any atom is 0.222 e. The van der Waals surface area contributed by atoms with Gasteiger partial charge in [-0.15, -0.1) is 0 Å². The van der Waals surface area contributed by atoms with Crippen LogP contribution in [0.25, 0.3) is 0 Å². The topological polar surface area (TPSA) is 38.3 Å². The average molecular weight is 173 g/mol. The Balaban J connectivity index is 3.03. The molecule has 0 aromatic carbocycles. The molecule has 3 heteroatoms. The molecular formula is C9H19NO2. The van der Waals surface area contributed by atoms with Gasteiger partial charge in [0, 0.05) is 19.6 Å². The van der Waals surface area contributed by atoms with Crippen LogP contribution in [-0.4, -0.2) is 25.7 Å². The van der Waals surface area contributed by atoms with Crippen LogP contribution in [0.15, 0.2) is 0 Å². The molecule has 0 radical (unpaired) electrons. The Kier molecular flexibility index (Phi) is 8.12. The first kappa shape index (κ1) is 11.4. The summed E-state index contributed by atoms with van der Waals surface area (Å²) in [6.45, 7) is 6.05. The summed E-state index contributed by atoms with van der Waals surface area (Å²) in [5.41, 5.74) is 0. The lowest BCUT2D eigenvalue weighted by atomic mass is 10.3. The summed E-state index contributed by atoms with van der Waals surface area (Å²) in [6, 6.07) is 0. The Bertz CT molecular complexity index is 115. The van der Waals surface area contributed by atoms with Crippen LogP contribution in [0.4, 0.5) is 0 Å². The van der Waals surface area contributed by atoms with Crippen molar-refractivity contribution in [3.05, 3.63) is 0 Å². The summed E-state index contributed by atoms with van der Waals surface area (Å²) < 4.78 is 5.23. The fourth-order valence-electron chi connectivity index (χ4n) is 0.799. The van der Waals surface area contributed by atoms with E-state index in [9.17, 15) is 4.79 Å². The van der Waals surface area contributed by atoms with Crippen molar-refractivity contribution in [2.24, 2.45) is 0 Å². The van der Waals surface area contributed by atoms with Gasteiger partial charge in [0.2, 0.25) is 5.91 Å². The van der Waals surface area contributed by atoms with Gasteiger partial charge in [-0.2, -0.15) is 0 Å². The maximum absolute atomic E-state index is 10.9. The van der Waals surface area contributed by atoms with Crippen molar-refractivity contribution in [2.45, 2.75) is 33.1 Å². The van der Waals surface area contributed by atoms with Gasteiger partial charge in [-0.1, -0.05) is 13.3 Å². The molecule has 0 spiro atoms. The van der Waals surface area contributed by atoms with E-state index >= 15 is 0 Å². The third-order valence-electron chi connectivity index (χ3n) is 1.49. The molecular weight excluding hydrogens is 154 g/mol. The van der Waals surface area contributed by atoms with Crippen LogP contribution in [0.2, 0.25) is 0 Å². The molecule has 0 aromatic heterocycles. The van der Waals surface area contributed by atoms with E-state index in [0.717, 1.165) is 19.4 Å². The Labute approximate surface area is 74.5 Å². The molecule has 0 aliphatic rings. The molecule has 0 aliphatic carbocycles. The average Bonchev–Trinajstić information content (AvgIpc) is 2.05. The first-order valence-electron chi connectivity index (χ1n) is 4.65. The maximum atomic E-state index is 10.9. The third kappa shape index (κ3) is 7.54. The number of rotatable bonds is 7. The zero-order valence-electron chi connectivity index (χ0n) is 8.06. The monoisotopic (exact) mass is 173 g/mol. The van der Waals surface area contributed by atoms with E-state index in [-0.39, 0.29) is 5.91 Å². The molecule has 0 saturated carbocycles. The van der Waals surface area contributed by atoms with Gasteiger partial charge in [-0.25, -0.2) is 0 Å². The van der Waals surface area contributed by atoms with Gasteiger partial charge >= 0.3 is 0 Å². The fraction of sp³-hybridized carbons (Fsp3) is 0.889. The highest BCUT2D eigenvalue weighted by Gasteiger charge is 1.97. The SMILES string of the molecule is CCCCOCCC(=O)NCC. The van der Waals surface area contributed by atoms with E-state index in [2.05, 4.69) is 12.2 Å². The van der Waals surface area contributed by atoms with E-state index in [0.29, 0.717) is 19.6 Å². The molecule has 0 aromatic rings. The molecule has 0 bridgehead atoms. The van der Waals surface area contributed by atoms with Crippen LogP contribution in [0, 0.1) is 0 Å². The normalized spacial score (nSPS) is 9.83. The van der Waals surface area contributed by atoms with Crippen LogP contribution in [0.5, 0.6) is 0 Å². The number of unbranched alkanes of at least 4 members (excludes halogenated alkanes) is 1.